The van der Waals surface area contributed by atoms with Gasteiger partial charge in [0.1, 0.15) is 17.2 Å². The van der Waals surface area contributed by atoms with Crippen molar-refractivity contribution in [3.63, 3.8) is 0 Å². The van der Waals surface area contributed by atoms with E-state index in [1.165, 1.54) is 0 Å². The Hall–Kier alpha value is -2.69. The van der Waals surface area contributed by atoms with E-state index in [9.17, 15) is 4.79 Å². The number of ether oxygens (including phenoxy) is 3. The van der Waals surface area contributed by atoms with Crippen LogP contribution in [0.4, 0.5) is 0 Å². The fraction of sp³-hybridized carbons (Fsp3) is 0.381. The van der Waals surface area contributed by atoms with Crippen LogP contribution >= 0.6 is 0 Å². The summed E-state index contributed by atoms with van der Waals surface area (Å²) < 4.78 is 16.5. The molecule has 140 valence electrons. The Labute approximate surface area is 155 Å². The summed E-state index contributed by atoms with van der Waals surface area (Å²) in [5.41, 5.74) is 3.16. The van der Waals surface area contributed by atoms with Crippen molar-refractivity contribution in [3.8, 4) is 28.4 Å². The maximum Gasteiger partial charge on any atom is 0.258 e. The minimum Gasteiger partial charge on any atom is -0.497 e. The van der Waals surface area contributed by atoms with Crippen LogP contribution < -0.4 is 14.2 Å². The molecule has 0 fully saturated rings. The van der Waals surface area contributed by atoms with Crippen LogP contribution in [0.2, 0.25) is 0 Å². The normalized spacial score (nSPS) is 10.4. The van der Waals surface area contributed by atoms with Gasteiger partial charge in [-0.15, -0.1) is 0 Å². The lowest BCUT2D eigenvalue weighted by atomic mass is 9.93. The second kappa shape index (κ2) is 8.61. The highest BCUT2D eigenvalue weighted by Gasteiger charge is 2.25. The molecule has 5 heteroatoms. The fourth-order valence-corrected chi connectivity index (χ4v) is 3.15. The molecule has 0 N–H and O–H groups in total. The first-order chi connectivity index (χ1) is 12.5. The standard InChI is InChI=1S/C21H27NO4/c1-7-22(8-2)21(23)20-16(10-9-11-17(20)25-5)19-14(3)12-15(24-4)13-18(19)26-6/h9-13H,7-8H2,1-6H3. The average molecular weight is 357 g/mol. The summed E-state index contributed by atoms with van der Waals surface area (Å²) >= 11 is 0. The summed E-state index contributed by atoms with van der Waals surface area (Å²) in [5, 5.41) is 0. The van der Waals surface area contributed by atoms with E-state index in [2.05, 4.69) is 0 Å². The fourth-order valence-electron chi connectivity index (χ4n) is 3.15. The summed E-state index contributed by atoms with van der Waals surface area (Å²) in [6, 6.07) is 9.38. The first-order valence-corrected chi connectivity index (χ1v) is 8.71. The minimum absolute atomic E-state index is 0.0558. The molecule has 5 nitrogen and oxygen atoms in total. The number of nitrogens with zero attached hydrogens (tertiary/aromatic N) is 1. The van der Waals surface area contributed by atoms with Gasteiger partial charge >= 0.3 is 0 Å². The van der Waals surface area contributed by atoms with E-state index in [0.717, 1.165) is 16.7 Å². The molecule has 26 heavy (non-hydrogen) atoms. The molecule has 0 unspecified atom stereocenters. The molecule has 0 radical (unpaired) electrons. The van der Waals surface area contributed by atoms with Crippen molar-refractivity contribution in [1.29, 1.82) is 0 Å². The highest BCUT2D eigenvalue weighted by Crippen LogP contribution is 2.41. The second-order valence-corrected chi connectivity index (χ2v) is 5.88. The smallest absolute Gasteiger partial charge is 0.258 e. The van der Waals surface area contributed by atoms with Gasteiger partial charge in [-0.3, -0.25) is 4.79 Å². The van der Waals surface area contributed by atoms with Crippen molar-refractivity contribution in [2.45, 2.75) is 20.8 Å². The van der Waals surface area contributed by atoms with Gasteiger partial charge in [0.25, 0.3) is 5.91 Å². The number of methoxy groups -OCH3 is 3. The quantitative estimate of drug-likeness (QED) is 0.746. The van der Waals surface area contributed by atoms with E-state index in [1.807, 2.05) is 51.1 Å². The maximum atomic E-state index is 13.2. The summed E-state index contributed by atoms with van der Waals surface area (Å²) in [7, 11) is 4.81. The van der Waals surface area contributed by atoms with Gasteiger partial charge in [-0.1, -0.05) is 12.1 Å². The molecule has 0 aliphatic carbocycles. The van der Waals surface area contributed by atoms with Crippen molar-refractivity contribution in [2.75, 3.05) is 34.4 Å². The van der Waals surface area contributed by atoms with Crippen molar-refractivity contribution in [3.05, 3.63) is 41.5 Å². The monoisotopic (exact) mass is 357 g/mol. The molecule has 2 aromatic rings. The Bertz CT molecular complexity index is 782. The van der Waals surface area contributed by atoms with Crippen LogP contribution in [0.3, 0.4) is 0 Å². The van der Waals surface area contributed by atoms with E-state index < -0.39 is 0 Å². The Morgan fingerprint density at radius 2 is 1.62 bits per heavy atom. The first kappa shape index (κ1) is 19.6. The molecule has 2 rings (SSSR count). The van der Waals surface area contributed by atoms with Crippen LogP contribution in [0.1, 0.15) is 29.8 Å². The van der Waals surface area contributed by atoms with Crippen LogP contribution in [0.5, 0.6) is 17.2 Å². The van der Waals surface area contributed by atoms with Crippen molar-refractivity contribution in [2.24, 2.45) is 0 Å². The van der Waals surface area contributed by atoms with E-state index in [0.29, 0.717) is 35.9 Å². The van der Waals surface area contributed by atoms with Gasteiger partial charge in [-0.25, -0.2) is 0 Å². The highest BCUT2D eigenvalue weighted by atomic mass is 16.5. The zero-order valence-electron chi connectivity index (χ0n) is 16.4. The maximum absolute atomic E-state index is 13.2. The molecule has 0 bridgehead atoms. The first-order valence-electron chi connectivity index (χ1n) is 8.71. The predicted octanol–water partition coefficient (Wildman–Crippen LogP) is 4.17. The van der Waals surface area contributed by atoms with Crippen molar-refractivity contribution >= 4 is 5.91 Å². The highest BCUT2D eigenvalue weighted by molar-refractivity contribution is 6.04. The number of benzene rings is 2. The van der Waals surface area contributed by atoms with Gasteiger partial charge in [-0.05, 0) is 38.5 Å². The van der Waals surface area contributed by atoms with Crippen LogP contribution in [-0.4, -0.2) is 45.2 Å². The lowest BCUT2D eigenvalue weighted by molar-refractivity contribution is 0.0770. The molecular weight excluding hydrogens is 330 g/mol. The SMILES string of the molecule is CCN(CC)C(=O)c1c(OC)cccc1-c1c(C)cc(OC)cc1OC. The lowest BCUT2D eigenvalue weighted by Gasteiger charge is -2.23. The molecule has 1 amide bonds. The third kappa shape index (κ3) is 3.62. The second-order valence-electron chi connectivity index (χ2n) is 5.88. The zero-order valence-corrected chi connectivity index (χ0v) is 16.4. The third-order valence-corrected chi connectivity index (χ3v) is 4.51. The molecule has 0 aromatic heterocycles. The molecular formula is C21H27NO4. The molecule has 0 heterocycles. The van der Waals surface area contributed by atoms with Crippen LogP contribution in [-0.2, 0) is 0 Å². The van der Waals surface area contributed by atoms with Crippen molar-refractivity contribution in [1.82, 2.24) is 4.90 Å². The third-order valence-electron chi connectivity index (χ3n) is 4.51. The average Bonchev–Trinajstić information content (AvgIpc) is 2.67. The number of carbonyl (C=O) groups is 1. The molecule has 0 aliphatic heterocycles. The van der Waals surface area contributed by atoms with Gasteiger partial charge in [0.2, 0.25) is 0 Å². The minimum atomic E-state index is -0.0558. The number of hydrogen-bond donors (Lipinski definition) is 0. The zero-order chi connectivity index (χ0) is 19.3. The predicted molar refractivity (Wildman–Crippen MR) is 104 cm³/mol. The molecule has 0 spiro atoms. The Balaban J connectivity index is 2.77. The molecule has 0 saturated heterocycles. The van der Waals surface area contributed by atoms with E-state index in [1.54, 1.807) is 26.2 Å². The number of aryl methyl sites for hydroxylation is 1. The van der Waals surface area contributed by atoms with E-state index in [-0.39, 0.29) is 5.91 Å². The van der Waals surface area contributed by atoms with Gasteiger partial charge in [0.05, 0.1) is 26.9 Å². The lowest BCUT2D eigenvalue weighted by Crippen LogP contribution is -2.31. The Kier molecular flexibility index (Phi) is 6.50. The Morgan fingerprint density at radius 1 is 0.962 bits per heavy atom. The number of carbonyl (C=O) groups excluding carboxylic acids is 1. The number of amides is 1. The van der Waals surface area contributed by atoms with E-state index in [4.69, 9.17) is 14.2 Å². The summed E-state index contributed by atoms with van der Waals surface area (Å²) in [4.78, 5) is 15.0. The van der Waals surface area contributed by atoms with E-state index >= 15 is 0 Å². The topological polar surface area (TPSA) is 48.0 Å². The summed E-state index contributed by atoms with van der Waals surface area (Å²) in [6.45, 7) is 7.17. The van der Waals surface area contributed by atoms with Gasteiger partial charge in [0.15, 0.2) is 0 Å². The van der Waals surface area contributed by atoms with Crippen LogP contribution in [0.15, 0.2) is 30.3 Å². The van der Waals surface area contributed by atoms with Gasteiger partial charge in [-0.2, -0.15) is 0 Å². The van der Waals surface area contributed by atoms with Crippen molar-refractivity contribution < 1.29 is 19.0 Å². The number of hydrogen-bond acceptors (Lipinski definition) is 4. The molecule has 0 aliphatic rings. The molecule has 0 atom stereocenters. The largest absolute Gasteiger partial charge is 0.497 e. The van der Waals surface area contributed by atoms with Gasteiger partial charge in [0, 0.05) is 30.3 Å². The molecule has 2 aromatic carbocycles. The van der Waals surface area contributed by atoms with Crippen LogP contribution in [0.25, 0.3) is 11.1 Å². The summed E-state index contributed by atoms with van der Waals surface area (Å²) in [5.74, 6) is 1.86. The van der Waals surface area contributed by atoms with Gasteiger partial charge < -0.3 is 19.1 Å². The number of rotatable bonds is 7. The Morgan fingerprint density at radius 3 is 2.15 bits per heavy atom. The molecule has 0 saturated carbocycles. The van der Waals surface area contributed by atoms with Crippen LogP contribution in [0, 0.1) is 6.92 Å². The summed E-state index contributed by atoms with van der Waals surface area (Å²) in [6.07, 6.45) is 0.